The van der Waals surface area contributed by atoms with Crippen LogP contribution >= 0.6 is 10.7 Å². The maximum absolute atomic E-state index is 12.1. The van der Waals surface area contributed by atoms with E-state index in [9.17, 15) is 13.2 Å². The summed E-state index contributed by atoms with van der Waals surface area (Å²) in [5.74, 6) is 0.509. The first kappa shape index (κ1) is 15.3. The van der Waals surface area contributed by atoms with Gasteiger partial charge in [0.1, 0.15) is 4.90 Å². The second-order valence-electron chi connectivity index (χ2n) is 5.34. The Hall–Kier alpha value is -1.08. The van der Waals surface area contributed by atoms with Gasteiger partial charge < -0.3 is 5.32 Å². The molecule has 0 aromatic carbocycles. The van der Waals surface area contributed by atoms with Gasteiger partial charge in [0.05, 0.1) is 5.69 Å². The van der Waals surface area contributed by atoms with Crippen LogP contribution in [-0.2, 0) is 9.05 Å². The summed E-state index contributed by atoms with van der Waals surface area (Å²) in [7, 11) is 1.34. The maximum Gasteiger partial charge on any atom is 0.273 e. The van der Waals surface area contributed by atoms with Gasteiger partial charge in [0.15, 0.2) is 5.69 Å². The fraction of sp³-hybridized carbons (Fsp3) is 0.667. The van der Waals surface area contributed by atoms with E-state index in [1.807, 2.05) is 0 Å². The number of aromatic amines is 1. The zero-order valence-corrected chi connectivity index (χ0v) is 13.0. The SMILES string of the molecule is Cc1[nH]nc(C(=O)NCC2CCCC2C)c1S(=O)(=O)Cl. The number of nitrogens with one attached hydrogen (secondary N) is 2. The van der Waals surface area contributed by atoms with Crippen LogP contribution in [0.4, 0.5) is 0 Å². The second-order valence-corrected chi connectivity index (χ2v) is 7.85. The molecule has 6 nitrogen and oxygen atoms in total. The molecule has 8 heteroatoms. The molecule has 2 atom stereocenters. The number of carbonyl (C=O) groups is 1. The van der Waals surface area contributed by atoms with Crippen LogP contribution in [0, 0.1) is 18.8 Å². The molecule has 20 heavy (non-hydrogen) atoms. The van der Waals surface area contributed by atoms with Crippen molar-refractivity contribution in [2.75, 3.05) is 6.54 Å². The van der Waals surface area contributed by atoms with Crippen molar-refractivity contribution >= 4 is 25.6 Å². The Morgan fingerprint density at radius 1 is 1.50 bits per heavy atom. The number of aryl methyl sites for hydroxylation is 1. The first-order chi connectivity index (χ1) is 9.30. The van der Waals surface area contributed by atoms with Gasteiger partial charge in [-0.1, -0.05) is 19.8 Å². The molecule has 112 valence electrons. The summed E-state index contributed by atoms with van der Waals surface area (Å²) in [4.78, 5) is 11.8. The number of nitrogens with zero attached hydrogens (tertiary/aromatic N) is 1. The van der Waals surface area contributed by atoms with Crippen LogP contribution in [0.15, 0.2) is 4.90 Å². The van der Waals surface area contributed by atoms with Crippen LogP contribution in [0.5, 0.6) is 0 Å². The third kappa shape index (κ3) is 3.15. The monoisotopic (exact) mass is 319 g/mol. The standard InChI is InChI=1S/C12H18ClN3O3S/c1-7-4-3-5-9(7)6-14-12(17)10-11(20(13,18)19)8(2)15-16-10/h7,9H,3-6H2,1-2H3,(H,14,17)(H,15,16). The molecule has 1 saturated carbocycles. The van der Waals surface area contributed by atoms with Gasteiger partial charge in [0.25, 0.3) is 15.0 Å². The molecule has 1 aromatic heterocycles. The van der Waals surface area contributed by atoms with E-state index in [-0.39, 0.29) is 16.3 Å². The third-order valence-corrected chi connectivity index (χ3v) is 5.36. The number of amides is 1. The molecule has 1 aromatic rings. The lowest BCUT2D eigenvalue weighted by molar-refractivity contribution is 0.0936. The van der Waals surface area contributed by atoms with Gasteiger partial charge >= 0.3 is 0 Å². The Morgan fingerprint density at radius 2 is 2.20 bits per heavy atom. The molecule has 2 rings (SSSR count). The highest BCUT2D eigenvalue weighted by Crippen LogP contribution is 2.30. The van der Waals surface area contributed by atoms with E-state index in [0.29, 0.717) is 18.4 Å². The largest absolute Gasteiger partial charge is 0.350 e. The third-order valence-electron chi connectivity index (χ3n) is 3.91. The van der Waals surface area contributed by atoms with E-state index >= 15 is 0 Å². The van der Waals surface area contributed by atoms with Gasteiger partial charge in [-0.05, 0) is 25.2 Å². The van der Waals surface area contributed by atoms with Gasteiger partial charge in [-0.15, -0.1) is 0 Å². The Balaban J connectivity index is 2.10. The zero-order chi connectivity index (χ0) is 14.9. The number of hydrogen-bond donors (Lipinski definition) is 2. The van der Waals surface area contributed by atoms with Crippen molar-refractivity contribution in [3.63, 3.8) is 0 Å². The van der Waals surface area contributed by atoms with Crippen LogP contribution in [-0.4, -0.2) is 31.1 Å². The van der Waals surface area contributed by atoms with Crippen molar-refractivity contribution < 1.29 is 13.2 Å². The van der Waals surface area contributed by atoms with Crippen LogP contribution in [0.25, 0.3) is 0 Å². The van der Waals surface area contributed by atoms with Gasteiger partial charge in [-0.3, -0.25) is 9.89 Å². The molecule has 1 heterocycles. The summed E-state index contributed by atoms with van der Waals surface area (Å²) < 4.78 is 23.0. The van der Waals surface area contributed by atoms with Gasteiger partial charge in [-0.25, -0.2) is 8.42 Å². The average Bonchev–Trinajstić information content (AvgIpc) is 2.91. The highest BCUT2D eigenvalue weighted by Gasteiger charge is 2.28. The number of rotatable bonds is 4. The highest BCUT2D eigenvalue weighted by molar-refractivity contribution is 8.13. The molecule has 2 unspecified atom stereocenters. The predicted octanol–water partition coefficient (Wildman–Crippen LogP) is 1.81. The van der Waals surface area contributed by atoms with Gasteiger partial charge in [-0.2, -0.15) is 5.10 Å². The van der Waals surface area contributed by atoms with Crippen LogP contribution in [0.3, 0.4) is 0 Å². The average molecular weight is 320 g/mol. The minimum absolute atomic E-state index is 0.164. The Morgan fingerprint density at radius 3 is 2.75 bits per heavy atom. The van der Waals surface area contributed by atoms with E-state index < -0.39 is 15.0 Å². The summed E-state index contributed by atoms with van der Waals surface area (Å²) in [6.45, 7) is 4.21. The Labute approximate surface area is 122 Å². The zero-order valence-electron chi connectivity index (χ0n) is 11.4. The minimum Gasteiger partial charge on any atom is -0.350 e. The van der Waals surface area contributed by atoms with Crippen LogP contribution < -0.4 is 5.32 Å². The lowest BCUT2D eigenvalue weighted by Gasteiger charge is -2.15. The molecular weight excluding hydrogens is 302 g/mol. The van der Waals surface area contributed by atoms with E-state index in [0.717, 1.165) is 6.42 Å². The van der Waals surface area contributed by atoms with Crippen LogP contribution in [0.1, 0.15) is 42.4 Å². The highest BCUT2D eigenvalue weighted by atomic mass is 35.7. The molecule has 0 aliphatic heterocycles. The summed E-state index contributed by atoms with van der Waals surface area (Å²) in [6.07, 6.45) is 3.43. The minimum atomic E-state index is -4.00. The Kier molecular flexibility index (Phi) is 4.39. The number of hydrogen-bond acceptors (Lipinski definition) is 4. The topological polar surface area (TPSA) is 91.9 Å². The number of halogens is 1. The number of carbonyl (C=O) groups excluding carboxylic acids is 1. The van der Waals surface area contributed by atoms with Crippen LogP contribution in [0.2, 0.25) is 0 Å². The van der Waals surface area contributed by atoms with Crippen molar-refractivity contribution in [2.24, 2.45) is 11.8 Å². The van der Waals surface area contributed by atoms with E-state index in [1.165, 1.54) is 19.8 Å². The fourth-order valence-electron chi connectivity index (χ4n) is 2.70. The van der Waals surface area contributed by atoms with E-state index in [4.69, 9.17) is 10.7 Å². The first-order valence-corrected chi connectivity index (χ1v) is 8.89. The van der Waals surface area contributed by atoms with Crippen molar-refractivity contribution in [2.45, 2.75) is 38.0 Å². The van der Waals surface area contributed by atoms with E-state index in [1.54, 1.807) is 0 Å². The molecule has 2 N–H and O–H groups in total. The predicted molar refractivity (Wildman–Crippen MR) is 75.2 cm³/mol. The first-order valence-electron chi connectivity index (χ1n) is 6.58. The summed E-state index contributed by atoms with van der Waals surface area (Å²) in [6, 6.07) is 0. The normalized spacial score (nSPS) is 22.9. The molecule has 1 aliphatic rings. The molecular formula is C12H18ClN3O3S. The lowest BCUT2D eigenvalue weighted by atomic mass is 9.98. The molecule has 0 saturated heterocycles. The maximum atomic E-state index is 12.1. The van der Waals surface area contributed by atoms with Crippen molar-refractivity contribution in [1.82, 2.24) is 15.5 Å². The molecule has 1 aliphatic carbocycles. The quantitative estimate of drug-likeness (QED) is 0.828. The van der Waals surface area contributed by atoms with Crippen molar-refractivity contribution in [3.8, 4) is 0 Å². The lowest BCUT2D eigenvalue weighted by Crippen LogP contribution is -2.31. The number of H-pyrrole nitrogens is 1. The molecule has 1 fully saturated rings. The van der Waals surface area contributed by atoms with Crippen molar-refractivity contribution in [3.05, 3.63) is 11.4 Å². The fourth-order valence-corrected chi connectivity index (χ4v) is 4.05. The summed E-state index contributed by atoms with van der Waals surface area (Å²) in [5, 5.41) is 8.99. The van der Waals surface area contributed by atoms with Gasteiger partial charge in [0.2, 0.25) is 0 Å². The second kappa shape index (κ2) is 5.73. The molecule has 0 spiro atoms. The smallest absolute Gasteiger partial charge is 0.273 e. The summed E-state index contributed by atoms with van der Waals surface area (Å²) in [5.41, 5.74) is 0.0996. The van der Waals surface area contributed by atoms with E-state index in [2.05, 4.69) is 22.4 Å². The summed E-state index contributed by atoms with van der Waals surface area (Å²) >= 11 is 0. The van der Waals surface area contributed by atoms with Crippen molar-refractivity contribution in [1.29, 1.82) is 0 Å². The molecule has 0 bridgehead atoms. The number of aromatic nitrogens is 2. The Bertz CT molecular complexity index is 611. The van der Waals surface area contributed by atoms with Gasteiger partial charge in [0, 0.05) is 17.2 Å². The molecule has 1 amide bonds. The molecule has 0 radical (unpaired) electrons.